The quantitative estimate of drug-likeness (QED) is 0.383. The van der Waals surface area contributed by atoms with E-state index in [2.05, 4.69) is 50.8 Å². The van der Waals surface area contributed by atoms with Crippen LogP contribution in [-0.4, -0.2) is 29.8 Å². The average molecular weight is 397 g/mol. The zero-order chi connectivity index (χ0) is 17.1. The third-order valence-electron chi connectivity index (χ3n) is 3.95. The fourth-order valence-electron chi connectivity index (χ4n) is 2.99. The van der Waals surface area contributed by atoms with Crippen molar-refractivity contribution in [2.75, 3.05) is 7.05 Å². The number of likely N-dealkylation sites (N-methyl/N-ethyl adjacent to an activating group) is 1. The van der Waals surface area contributed by atoms with E-state index in [1.165, 1.54) is 6.42 Å². The molecular weight excluding hydrogens is 381 g/mol. The first-order valence-electron chi connectivity index (χ1n) is 6.55. The van der Waals surface area contributed by atoms with Gasteiger partial charge in [0.15, 0.2) is 5.78 Å². The third kappa shape index (κ3) is 6.33. The summed E-state index contributed by atoms with van der Waals surface area (Å²) in [5.41, 5.74) is 1.02. The summed E-state index contributed by atoms with van der Waals surface area (Å²) in [7, 11) is 2.15. The van der Waals surface area contributed by atoms with Crippen LogP contribution in [0.1, 0.15) is 19.3 Å². The Kier molecular flexibility index (Phi) is 14.5. The van der Waals surface area contributed by atoms with E-state index in [0.717, 1.165) is 17.9 Å². The van der Waals surface area contributed by atoms with Crippen LogP contribution in [-0.2, 0) is 38.9 Å². The number of ketones is 1. The van der Waals surface area contributed by atoms with Gasteiger partial charge < -0.3 is 0 Å². The van der Waals surface area contributed by atoms with Gasteiger partial charge in [-0.3, -0.25) is 9.69 Å². The van der Waals surface area contributed by atoms with Crippen molar-refractivity contribution in [3.63, 3.8) is 0 Å². The summed E-state index contributed by atoms with van der Waals surface area (Å²) in [5, 5.41) is 0. The fraction of sp³-hybridized carbons (Fsp3) is 0.353. The molecule has 2 atom stereocenters. The van der Waals surface area contributed by atoms with Crippen LogP contribution in [0.2, 0.25) is 0 Å². The van der Waals surface area contributed by atoms with Gasteiger partial charge in [-0.1, -0.05) is 6.08 Å². The molecule has 3 aliphatic rings. The van der Waals surface area contributed by atoms with Gasteiger partial charge in [-0.15, -0.1) is 0 Å². The first-order valence-corrected chi connectivity index (χ1v) is 6.55. The molecule has 2 heterocycles. The van der Waals surface area contributed by atoms with Crippen LogP contribution < -0.4 is 0 Å². The predicted molar refractivity (Wildman–Crippen MR) is 74.5 cm³/mol. The van der Waals surface area contributed by atoms with Gasteiger partial charge in [-0.05, 0) is 45.6 Å². The zero-order valence-electron chi connectivity index (χ0n) is 12.6. The summed E-state index contributed by atoms with van der Waals surface area (Å²) >= 11 is 0. The predicted octanol–water partition coefficient (Wildman–Crippen LogP) is 1.64. The van der Waals surface area contributed by atoms with Gasteiger partial charge in [-0.2, -0.15) is 0 Å². The van der Waals surface area contributed by atoms with E-state index in [1.54, 1.807) is 0 Å². The molecule has 0 N–H and O–H groups in total. The van der Waals surface area contributed by atoms with E-state index in [1.807, 2.05) is 12.8 Å². The topological polar surface area (TPSA) is 80.0 Å². The Morgan fingerprint density at radius 2 is 1.61 bits per heavy atom. The van der Waals surface area contributed by atoms with Gasteiger partial charge >= 0.3 is 33.9 Å². The summed E-state index contributed by atoms with van der Waals surface area (Å²) in [6, 6.07) is 0.857. The Morgan fingerprint density at radius 1 is 1.09 bits per heavy atom. The molecule has 3 rings (SSSR count). The molecule has 6 heteroatoms. The van der Waals surface area contributed by atoms with Gasteiger partial charge in [0, 0.05) is 50.1 Å². The molecular formula is C17H16NO4Tc. The van der Waals surface area contributed by atoms with Crippen molar-refractivity contribution in [2.24, 2.45) is 0 Å². The monoisotopic (exact) mass is 397 g/mol. The Morgan fingerprint density at radius 3 is 2.13 bits per heavy atom. The van der Waals surface area contributed by atoms with E-state index in [4.69, 9.17) is 14.0 Å². The molecule has 0 aromatic carbocycles. The van der Waals surface area contributed by atoms with Crippen LogP contribution in [0.5, 0.6) is 0 Å². The molecule has 0 spiro atoms. The number of hydrogen-bond donors (Lipinski definition) is 0. The van der Waals surface area contributed by atoms with Gasteiger partial charge in [0.1, 0.15) is 0 Å². The van der Waals surface area contributed by atoms with Crippen LogP contribution in [0.25, 0.3) is 0 Å². The first-order chi connectivity index (χ1) is 10.8. The second-order valence-corrected chi connectivity index (χ2v) is 4.86. The number of carbonyl (C=O) groups is 1. The Balaban J connectivity index is 0. The molecule has 2 saturated heterocycles. The van der Waals surface area contributed by atoms with Crippen molar-refractivity contribution in [1.82, 2.24) is 4.90 Å². The normalized spacial score (nSPS) is 27.3. The van der Waals surface area contributed by atoms with Crippen molar-refractivity contribution in [2.45, 2.75) is 31.3 Å². The summed E-state index contributed by atoms with van der Waals surface area (Å²) in [6.45, 7) is 13.5. The minimum absolute atomic E-state index is 0. The summed E-state index contributed by atoms with van der Waals surface area (Å²) < 4.78 is 22.5. The van der Waals surface area contributed by atoms with Gasteiger partial charge in [0.2, 0.25) is 0 Å². The number of fused-ring (bicyclic) bond motifs is 2. The number of rotatable bonds is 1. The summed E-state index contributed by atoms with van der Waals surface area (Å²) in [4.78, 5) is 14.4. The number of Topliss-reactive ketones (excluding diaryl/α,β-unsaturated/α-hetero) is 1. The second-order valence-electron chi connectivity index (χ2n) is 4.86. The standard InChI is InChI=1S/C14H16NO.3CO.Tc/c1-15-11-6-7-13(15)12(14(16)9-11)8-10-4-2-3-5-10;3*1-2;/h2-5,8,11,13H,6-7,9H2,1H3;;;;/b12-8+;;;;/i;;;;1+1. The van der Waals surface area contributed by atoms with Crippen LogP contribution in [0, 0.1) is 51.6 Å². The van der Waals surface area contributed by atoms with Crippen molar-refractivity contribution in [3.8, 4) is 0 Å². The molecule has 2 bridgehead atoms. The van der Waals surface area contributed by atoms with Crippen molar-refractivity contribution in [3.05, 3.63) is 63.2 Å². The number of allylic oxidation sites excluding steroid dienone is 1. The Hall–Kier alpha value is -0.761. The molecule has 1 saturated carbocycles. The Labute approximate surface area is 151 Å². The van der Waals surface area contributed by atoms with E-state index < -0.39 is 0 Å². The molecule has 6 radical (unpaired) electrons. The molecule has 2 unspecified atom stereocenters. The van der Waals surface area contributed by atoms with Crippen molar-refractivity contribution < 1.29 is 38.9 Å². The summed E-state index contributed by atoms with van der Waals surface area (Å²) in [6.07, 6.45) is 13.2. The zero-order valence-corrected chi connectivity index (χ0v) is 14.5. The van der Waals surface area contributed by atoms with Crippen LogP contribution in [0.15, 0.2) is 11.6 Å². The number of piperidine rings is 1. The minimum atomic E-state index is 0. The van der Waals surface area contributed by atoms with Gasteiger partial charge in [0.25, 0.3) is 0 Å². The Bertz CT molecular complexity index is 435. The molecule has 120 valence electrons. The van der Waals surface area contributed by atoms with Gasteiger partial charge in [0.05, 0.1) is 0 Å². The van der Waals surface area contributed by atoms with Crippen LogP contribution >= 0.6 is 0 Å². The maximum atomic E-state index is 12.0. The molecule has 23 heavy (non-hydrogen) atoms. The average Bonchev–Trinajstić information content (AvgIpc) is 3.18. The molecule has 0 aromatic rings. The van der Waals surface area contributed by atoms with E-state index >= 15 is 0 Å². The molecule has 0 amide bonds. The van der Waals surface area contributed by atoms with E-state index in [0.29, 0.717) is 24.3 Å². The second kappa shape index (κ2) is 13.7. The fourth-order valence-corrected chi connectivity index (χ4v) is 2.99. The summed E-state index contributed by atoms with van der Waals surface area (Å²) in [5.74, 6) is 1.51. The van der Waals surface area contributed by atoms with Crippen molar-refractivity contribution >= 4 is 5.78 Å². The molecule has 3 fully saturated rings. The molecule has 1 aliphatic carbocycles. The molecule has 0 aromatic heterocycles. The number of hydrogen-bond acceptors (Lipinski definition) is 2. The third-order valence-corrected chi connectivity index (χ3v) is 3.95. The first kappa shape index (κ1) is 24.5. The van der Waals surface area contributed by atoms with Gasteiger partial charge in [-0.25, -0.2) is 0 Å². The van der Waals surface area contributed by atoms with Crippen LogP contribution in [0.4, 0.5) is 0 Å². The number of carbonyl (C=O) groups excluding carboxylic acids is 1. The number of nitrogens with zero attached hydrogens (tertiary/aromatic N) is 1. The van der Waals surface area contributed by atoms with E-state index in [-0.39, 0.29) is 20.1 Å². The maximum absolute atomic E-state index is 12.0. The van der Waals surface area contributed by atoms with Crippen LogP contribution in [0.3, 0.4) is 0 Å². The van der Waals surface area contributed by atoms with E-state index in [9.17, 15) is 4.79 Å². The van der Waals surface area contributed by atoms with Crippen molar-refractivity contribution in [1.29, 1.82) is 0 Å². The molecule has 2 aliphatic heterocycles. The SMILES string of the molecule is CN1C2CCC1/C(=C\[C]1[CH][CH][CH][CH]1)C(=O)C2.[99Tc].[C-]#[O+].[C-]#[O+].[C-]#[O+]. The molecule has 5 nitrogen and oxygen atoms in total.